The Kier molecular flexibility index (Phi) is 9.41. The topological polar surface area (TPSA) is 91.0 Å². The molecule has 0 aromatic heterocycles. The Morgan fingerprint density at radius 1 is 0.762 bits per heavy atom. The van der Waals surface area contributed by atoms with Gasteiger partial charge in [-0.2, -0.15) is 0 Å². The number of carbonyl (C=O) groups excluding carboxylic acids is 3. The highest BCUT2D eigenvalue weighted by Crippen LogP contribution is 2.29. The van der Waals surface area contributed by atoms with Gasteiger partial charge < -0.3 is 20.3 Å². The van der Waals surface area contributed by atoms with Gasteiger partial charge in [0.1, 0.15) is 18.7 Å². The number of anilines is 1. The second kappa shape index (κ2) is 13.6. The molecule has 2 fully saturated rings. The first-order valence-electron chi connectivity index (χ1n) is 14.9. The van der Waals surface area contributed by atoms with Gasteiger partial charge in [-0.25, -0.2) is 4.79 Å². The maximum absolute atomic E-state index is 13.3. The zero-order valence-electron chi connectivity index (χ0n) is 24.4. The molecule has 2 N–H and O–H groups in total. The summed E-state index contributed by atoms with van der Waals surface area (Å²) in [6.07, 6.45) is 2.62. The molecule has 3 aromatic rings. The molecule has 42 heavy (non-hydrogen) atoms. The van der Waals surface area contributed by atoms with Crippen molar-refractivity contribution in [3.05, 3.63) is 102 Å². The summed E-state index contributed by atoms with van der Waals surface area (Å²) in [5.41, 5.74) is 3.89. The third-order valence-corrected chi connectivity index (χ3v) is 8.27. The first kappa shape index (κ1) is 29.2. The Balaban J connectivity index is 1.19. The summed E-state index contributed by atoms with van der Waals surface area (Å²) in [6, 6.07) is 26.4. The van der Waals surface area contributed by atoms with Crippen molar-refractivity contribution in [3.8, 4) is 0 Å². The largest absolute Gasteiger partial charge is 0.445 e. The Morgan fingerprint density at radius 2 is 1.36 bits per heavy atom. The lowest BCUT2D eigenvalue weighted by atomic mass is 10.1. The molecule has 5 rings (SSSR count). The van der Waals surface area contributed by atoms with Crippen molar-refractivity contribution >= 4 is 23.6 Å². The number of likely N-dealkylation sites (tertiary alicyclic amines) is 1. The molecule has 2 heterocycles. The molecule has 0 spiro atoms. The van der Waals surface area contributed by atoms with Crippen LogP contribution in [-0.2, 0) is 20.9 Å². The van der Waals surface area contributed by atoms with Crippen LogP contribution in [0.4, 0.5) is 10.5 Å². The van der Waals surface area contributed by atoms with Gasteiger partial charge in [0.25, 0.3) is 0 Å². The van der Waals surface area contributed by atoms with Crippen LogP contribution in [0, 0.1) is 0 Å². The fourth-order valence-corrected chi connectivity index (χ4v) is 5.91. The highest BCUT2D eigenvalue weighted by Gasteiger charge is 2.36. The van der Waals surface area contributed by atoms with Crippen LogP contribution in [0.3, 0.4) is 0 Å². The van der Waals surface area contributed by atoms with E-state index in [0.717, 1.165) is 48.2 Å². The van der Waals surface area contributed by atoms with Gasteiger partial charge in [-0.1, -0.05) is 72.8 Å². The Hall–Kier alpha value is -4.33. The summed E-state index contributed by atoms with van der Waals surface area (Å²) in [5, 5.41) is 6.29. The third-order valence-electron chi connectivity index (χ3n) is 8.27. The maximum Gasteiger partial charge on any atom is 0.410 e. The van der Waals surface area contributed by atoms with Crippen LogP contribution in [0.25, 0.3) is 0 Å². The van der Waals surface area contributed by atoms with Crippen LogP contribution < -0.4 is 15.5 Å². The van der Waals surface area contributed by atoms with Crippen molar-refractivity contribution in [2.24, 2.45) is 0 Å². The Morgan fingerprint density at radius 3 is 2.10 bits per heavy atom. The number of nitrogens with one attached hydrogen (secondary N) is 2. The summed E-state index contributed by atoms with van der Waals surface area (Å²) in [5.74, 6) is -0.161. The van der Waals surface area contributed by atoms with Gasteiger partial charge in [0, 0.05) is 18.8 Å². The van der Waals surface area contributed by atoms with E-state index in [-0.39, 0.29) is 36.5 Å². The van der Waals surface area contributed by atoms with E-state index >= 15 is 0 Å². The molecule has 4 atom stereocenters. The van der Waals surface area contributed by atoms with E-state index in [1.807, 2.05) is 92.7 Å². The number of benzene rings is 3. The van der Waals surface area contributed by atoms with Gasteiger partial charge in [-0.15, -0.1) is 0 Å². The summed E-state index contributed by atoms with van der Waals surface area (Å²) in [4.78, 5) is 43.1. The van der Waals surface area contributed by atoms with Crippen LogP contribution in [-0.4, -0.2) is 48.0 Å². The summed E-state index contributed by atoms with van der Waals surface area (Å²) in [6.45, 7) is 5.42. The molecule has 2 saturated heterocycles. The van der Waals surface area contributed by atoms with Crippen LogP contribution >= 0.6 is 0 Å². The average Bonchev–Trinajstić information content (AvgIpc) is 3.72. The molecule has 0 radical (unpaired) electrons. The van der Waals surface area contributed by atoms with E-state index in [9.17, 15) is 14.4 Å². The van der Waals surface area contributed by atoms with Crippen molar-refractivity contribution in [1.82, 2.24) is 15.5 Å². The first-order chi connectivity index (χ1) is 20.4. The van der Waals surface area contributed by atoms with Crippen LogP contribution in [0.15, 0.2) is 84.9 Å². The molecule has 8 heteroatoms. The summed E-state index contributed by atoms with van der Waals surface area (Å²) < 4.78 is 5.50. The second-order valence-electron chi connectivity index (χ2n) is 11.2. The van der Waals surface area contributed by atoms with Crippen LogP contribution in [0.1, 0.15) is 68.3 Å². The van der Waals surface area contributed by atoms with Crippen molar-refractivity contribution in [2.45, 2.75) is 70.3 Å². The van der Waals surface area contributed by atoms with E-state index in [1.165, 1.54) is 4.90 Å². The highest BCUT2D eigenvalue weighted by molar-refractivity contribution is 5.87. The fraction of sp³-hybridized carbons (Fsp3) is 0.382. The number of ether oxygens (including phenoxy) is 1. The second-order valence-corrected chi connectivity index (χ2v) is 11.2. The molecular weight excluding hydrogens is 528 g/mol. The maximum atomic E-state index is 13.3. The smallest absolute Gasteiger partial charge is 0.410 e. The quantitative estimate of drug-likeness (QED) is 0.355. The molecule has 8 nitrogen and oxygen atoms in total. The predicted octanol–water partition coefficient (Wildman–Crippen LogP) is 5.51. The van der Waals surface area contributed by atoms with Crippen molar-refractivity contribution < 1.29 is 19.1 Å². The van der Waals surface area contributed by atoms with Gasteiger partial charge in [0.2, 0.25) is 11.8 Å². The lowest BCUT2D eigenvalue weighted by Gasteiger charge is -2.29. The standard InChI is InChI=1S/C34H40N4O4/c1-24(27-14-7-4-8-15-27)35-32(39)30-18-10-20-37(30)29-17-9-16-28(22-29)25(2)36-33(40)31-19-11-21-38(31)34(41)42-23-26-12-5-3-6-13-26/h3-9,12-17,22,24-25,30-31H,10-11,18-21,23H2,1-2H3,(H,35,39)(H,36,40)/t24-,25-,30+,31+/m1/s1. The van der Waals surface area contributed by atoms with Crippen molar-refractivity contribution in [1.29, 1.82) is 0 Å². The molecule has 220 valence electrons. The zero-order valence-corrected chi connectivity index (χ0v) is 24.4. The van der Waals surface area contributed by atoms with Crippen LogP contribution in [0.2, 0.25) is 0 Å². The number of hydrogen-bond acceptors (Lipinski definition) is 5. The van der Waals surface area contributed by atoms with Gasteiger partial charge >= 0.3 is 6.09 Å². The monoisotopic (exact) mass is 568 g/mol. The molecule has 0 saturated carbocycles. The van der Waals surface area contributed by atoms with E-state index in [2.05, 4.69) is 21.6 Å². The Labute approximate surface area is 248 Å². The number of amides is 3. The fourth-order valence-electron chi connectivity index (χ4n) is 5.91. The number of carbonyl (C=O) groups is 3. The lowest BCUT2D eigenvalue weighted by molar-refractivity contribution is -0.126. The zero-order chi connectivity index (χ0) is 29.5. The van der Waals surface area contributed by atoms with E-state index in [4.69, 9.17) is 4.74 Å². The van der Waals surface area contributed by atoms with E-state index in [0.29, 0.717) is 13.0 Å². The van der Waals surface area contributed by atoms with E-state index in [1.54, 1.807) is 0 Å². The Bertz CT molecular complexity index is 1370. The SMILES string of the molecule is C[C@@H](NC(=O)[C@@H]1CCCN1C(=O)OCc1ccccc1)c1cccc(N2CCC[C@H]2C(=O)N[C@H](C)c2ccccc2)c1. The predicted molar refractivity (Wildman–Crippen MR) is 163 cm³/mol. The molecule has 0 bridgehead atoms. The molecular formula is C34H40N4O4. The molecule has 0 unspecified atom stereocenters. The molecule has 3 aromatic carbocycles. The number of hydrogen-bond donors (Lipinski definition) is 2. The van der Waals surface area contributed by atoms with Gasteiger partial charge in [0.05, 0.1) is 12.1 Å². The molecule has 2 aliphatic heterocycles. The minimum absolute atomic E-state index is 0.0242. The van der Waals surface area contributed by atoms with Gasteiger partial charge in [-0.3, -0.25) is 14.5 Å². The average molecular weight is 569 g/mol. The third kappa shape index (κ3) is 6.93. The van der Waals surface area contributed by atoms with Crippen molar-refractivity contribution in [2.75, 3.05) is 18.0 Å². The first-order valence-corrected chi connectivity index (χ1v) is 14.9. The van der Waals surface area contributed by atoms with Crippen molar-refractivity contribution in [3.63, 3.8) is 0 Å². The number of nitrogens with zero attached hydrogens (tertiary/aromatic N) is 2. The van der Waals surface area contributed by atoms with Gasteiger partial charge in [0.15, 0.2) is 0 Å². The van der Waals surface area contributed by atoms with Gasteiger partial charge in [-0.05, 0) is 68.4 Å². The highest BCUT2D eigenvalue weighted by atomic mass is 16.6. The summed E-state index contributed by atoms with van der Waals surface area (Å²) >= 11 is 0. The lowest BCUT2D eigenvalue weighted by Crippen LogP contribution is -2.46. The molecule has 2 aliphatic rings. The number of rotatable bonds is 9. The molecule has 3 amide bonds. The normalized spacial score (nSPS) is 19.7. The van der Waals surface area contributed by atoms with E-state index < -0.39 is 12.1 Å². The minimum Gasteiger partial charge on any atom is -0.445 e. The van der Waals surface area contributed by atoms with Crippen LogP contribution in [0.5, 0.6) is 0 Å². The minimum atomic E-state index is -0.558. The molecule has 0 aliphatic carbocycles. The summed E-state index contributed by atoms with van der Waals surface area (Å²) in [7, 11) is 0.